The molecule has 1 amide bonds. The summed E-state index contributed by atoms with van der Waals surface area (Å²) in [5.41, 5.74) is 2.14. The maximum Gasteiger partial charge on any atom is 0.230 e. The highest BCUT2D eigenvalue weighted by Crippen LogP contribution is 2.29. The van der Waals surface area contributed by atoms with Gasteiger partial charge < -0.3 is 14.6 Å². The van der Waals surface area contributed by atoms with Crippen molar-refractivity contribution in [3.05, 3.63) is 66.3 Å². The first-order valence-electron chi connectivity index (χ1n) is 8.63. The van der Waals surface area contributed by atoms with Gasteiger partial charge in [-0.05, 0) is 11.6 Å². The summed E-state index contributed by atoms with van der Waals surface area (Å²) < 4.78 is 10.8. The Kier molecular flexibility index (Phi) is 6.87. The van der Waals surface area contributed by atoms with Crippen molar-refractivity contribution in [2.75, 3.05) is 18.9 Å². The Bertz CT molecular complexity index is 868. The minimum atomic E-state index is -0.0415. The molecule has 0 atom stereocenters. The minimum absolute atomic E-state index is 0.0415. The molecule has 1 heterocycles. The second-order valence-electron chi connectivity index (χ2n) is 5.78. The molecule has 6 nitrogen and oxygen atoms in total. The molecule has 0 bridgehead atoms. The number of rotatable bonds is 9. The number of benzene rings is 2. The number of nitrogens with one attached hydrogen (secondary N) is 1. The summed E-state index contributed by atoms with van der Waals surface area (Å²) in [5, 5.41) is 6.65. The molecular formula is C20H21N3O3S. The quantitative estimate of drug-likeness (QED) is 0.570. The van der Waals surface area contributed by atoms with Crippen molar-refractivity contribution in [2.45, 2.75) is 12.7 Å². The molecule has 0 saturated heterocycles. The maximum atomic E-state index is 11.9. The van der Waals surface area contributed by atoms with Crippen LogP contribution in [0.1, 0.15) is 11.7 Å². The van der Waals surface area contributed by atoms with Crippen molar-refractivity contribution in [2.24, 2.45) is 0 Å². The Morgan fingerprint density at radius 2 is 1.93 bits per heavy atom. The Hall–Kier alpha value is -2.80. The largest absolute Gasteiger partial charge is 0.491 e. The molecule has 27 heavy (non-hydrogen) atoms. The van der Waals surface area contributed by atoms with Crippen molar-refractivity contribution in [3.8, 4) is 16.9 Å². The Morgan fingerprint density at radius 1 is 1.15 bits per heavy atom. The van der Waals surface area contributed by atoms with Gasteiger partial charge in [-0.25, -0.2) is 0 Å². The van der Waals surface area contributed by atoms with Crippen LogP contribution in [0.15, 0.2) is 59.1 Å². The van der Waals surface area contributed by atoms with Crippen LogP contribution in [0.25, 0.3) is 11.1 Å². The smallest absolute Gasteiger partial charge is 0.230 e. The fourth-order valence-corrected chi connectivity index (χ4v) is 3.18. The third-order valence-electron chi connectivity index (χ3n) is 3.69. The molecule has 7 heteroatoms. The molecule has 0 spiro atoms. The monoisotopic (exact) mass is 383 g/mol. The van der Waals surface area contributed by atoms with Crippen molar-refractivity contribution < 1.29 is 14.1 Å². The summed E-state index contributed by atoms with van der Waals surface area (Å²) in [4.78, 5) is 16.0. The van der Waals surface area contributed by atoms with Crippen LogP contribution >= 0.6 is 11.8 Å². The summed E-state index contributed by atoms with van der Waals surface area (Å²) in [6.45, 7) is 2.60. The second-order valence-corrected chi connectivity index (χ2v) is 6.77. The summed E-state index contributed by atoms with van der Waals surface area (Å²) in [6.07, 6.45) is 0. The average molecular weight is 383 g/mol. The van der Waals surface area contributed by atoms with Crippen LogP contribution in [-0.4, -0.2) is 35.0 Å². The first-order chi connectivity index (χ1) is 13.2. The molecule has 1 aromatic heterocycles. The van der Waals surface area contributed by atoms with Gasteiger partial charge in [-0.1, -0.05) is 53.7 Å². The third kappa shape index (κ3) is 5.86. The van der Waals surface area contributed by atoms with Crippen LogP contribution in [0.2, 0.25) is 0 Å². The molecule has 0 aliphatic heterocycles. The highest BCUT2D eigenvalue weighted by atomic mass is 32.2. The lowest BCUT2D eigenvalue weighted by atomic mass is 10.1. The van der Waals surface area contributed by atoms with Crippen molar-refractivity contribution in [1.82, 2.24) is 15.5 Å². The van der Waals surface area contributed by atoms with Gasteiger partial charge in [0.05, 0.1) is 18.1 Å². The van der Waals surface area contributed by atoms with Crippen LogP contribution in [0.3, 0.4) is 0 Å². The number of ether oxygens (including phenoxy) is 1. The van der Waals surface area contributed by atoms with E-state index in [1.54, 1.807) is 6.92 Å². The van der Waals surface area contributed by atoms with Crippen molar-refractivity contribution in [1.29, 1.82) is 0 Å². The highest BCUT2D eigenvalue weighted by Gasteiger charge is 2.07. The van der Waals surface area contributed by atoms with E-state index in [1.165, 1.54) is 11.8 Å². The minimum Gasteiger partial charge on any atom is -0.491 e. The van der Waals surface area contributed by atoms with Crippen LogP contribution < -0.4 is 10.1 Å². The number of aryl methyl sites for hydroxylation is 1. The molecule has 3 rings (SSSR count). The van der Waals surface area contributed by atoms with Crippen LogP contribution in [0.4, 0.5) is 0 Å². The van der Waals surface area contributed by atoms with Crippen LogP contribution in [-0.2, 0) is 10.5 Å². The predicted molar refractivity (Wildman–Crippen MR) is 106 cm³/mol. The van der Waals surface area contributed by atoms with Gasteiger partial charge >= 0.3 is 0 Å². The summed E-state index contributed by atoms with van der Waals surface area (Å²) in [7, 11) is 0. The number of hydrogen-bond acceptors (Lipinski definition) is 6. The number of aromatic nitrogens is 2. The Labute approximate surface area is 162 Å². The van der Waals surface area contributed by atoms with Gasteiger partial charge in [0.25, 0.3) is 0 Å². The number of hydrogen-bond donors (Lipinski definition) is 1. The van der Waals surface area contributed by atoms with Crippen molar-refractivity contribution >= 4 is 17.7 Å². The van der Waals surface area contributed by atoms with E-state index in [1.807, 2.05) is 54.6 Å². The topological polar surface area (TPSA) is 77.2 Å². The van der Waals surface area contributed by atoms with Gasteiger partial charge in [-0.2, -0.15) is 4.98 Å². The number of carbonyl (C=O) groups excluding carboxylic acids is 1. The predicted octanol–water partition coefficient (Wildman–Crippen LogP) is 3.47. The molecule has 0 unspecified atom stereocenters. The van der Waals surface area contributed by atoms with E-state index in [4.69, 9.17) is 9.26 Å². The van der Waals surface area contributed by atoms with Gasteiger partial charge in [-0.3, -0.25) is 4.79 Å². The van der Waals surface area contributed by atoms with E-state index in [0.29, 0.717) is 36.4 Å². The number of amides is 1. The number of carbonyl (C=O) groups is 1. The van der Waals surface area contributed by atoms with Crippen molar-refractivity contribution in [3.63, 3.8) is 0 Å². The molecule has 1 N–H and O–H groups in total. The average Bonchev–Trinajstić information content (AvgIpc) is 3.11. The lowest BCUT2D eigenvalue weighted by Gasteiger charge is -2.12. The molecule has 0 aliphatic rings. The van der Waals surface area contributed by atoms with E-state index < -0.39 is 0 Å². The summed E-state index contributed by atoms with van der Waals surface area (Å²) in [5.74, 6) is 2.79. The SMILES string of the molecule is Cc1nc(CSCC(=O)NCCOc2ccccc2-c2ccccc2)no1. The number of para-hydroxylation sites is 1. The molecular weight excluding hydrogens is 362 g/mol. The fraction of sp³-hybridized carbons (Fsp3) is 0.250. The maximum absolute atomic E-state index is 11.9. The van der Waals surface area contributed by atoms with Gasteiger partial charge in [-0.15, -0.1) is 11.8 Å². The standard InChI is InChI=1S/C20H21N3O3S/c1-15-22-19(23-26-15)13-27-14-20(24)21-11-12-25-18-10-6-5-9-17(18)16-7-3-2-4-8-16/h2-10H,11-14H2,1H3,(H,21,24). The Morgan fingerprint density at radius 3 is 2.70 bits per heavy atom. The van der Waals surface area contributed by atoms with Crippen LogP contribution in [0, 0.1) is 6.92 Å². The van der Waals surface area contributed by atoms with Gasteiger partial charge in [0.2, 0.25) is 11.8 Å². The van der Waals surface area contributed by atoms with E-state index in [2.05, 4.69) is 15.5 Å². The normalized spacial score (nSPS) is 10.6. The third-order valence-corrected chi connectivity index (χ3v) is 4.62. The summed E-state index contributed by atoms with van der Waals surface area (Å²) >= 11 is 1.44. The zero-order valence-corrected chi connectivity index (χ0v) is 15.9. The molecule has 0 saturated carbocycles. The van der Waals surface area contributed by atoms with Gasteiger partial charge in [0.1, 0.15) is 12.4 Å². The number of nitrogens with zero attached hydrogens (tertiary/aromatic N) is 2. The molecule has 140 valence electrons. The van der Waals surface area contributed by atoms with E-state index in [9.17, 15) is 4.79 Å². The van der Waals surface area contributed by atoms with E-state index >= 15 is 0 Å². The highest BCUT2D eigenvalue weighted by molar-refractivity contribution is 7.99. The molecule has 0 radical (unpaired) electrons. The molecule has 0 fully saturated rings. The molecule has 2 aromatic carbocycles. The zero-order chi connectivity index (χ0) is 18.9. The lowest BCUT2D eigenvalue weighted by Crippen LogP contribution is -2.29. The van der Waals surface area contributed by atoms with Crippen LogP contribution in [0.5, 0.6) is 5.75 Å². The molecule has 3 aromatic rings. The van der Waals surface area contributed by atoms with Gasteiger partial charge in [0, 0.05) is 12.5 Å². The second kappa shape index (κ2) is 9.78. The van der Waals surface area contributed by atoms with Gasteiger partial charge in [0.15, 0.2) is 5.82 Å². The molecule has 0 aliphatic carbocycles. The first-order valence-corrected chi connectivity index (χ1v) is 9.79. The van der Waals surface area contributed by atoms with E-state index in [-0.39, 0.29) is 5.91 Å². The van der Waals surface area contributed by atoms with E-state index in [0.717, 1.165) is 16.9 Å². The Balaban J connectivity index is 1.39. The summed E-state index contributed by atoms with van der Waals surface area (Å²) in [6, 6.07) is 18.0. The number of thioether (sulfide) groups is 1. The zero-order valence-electron chi connectivity index (χ0n) is 15.1. The fourth-order valence-electron chi connectivity index (χ4n) is 2.49. The first kappa shape index (κ1) is 19.0. The lowest BCUT2D eigenvalue weighted by molar-refractivity contribution is -0.118.